The molecule has 0 radical (unpaired) electrons. The van der Waals surface area contributed by atoms with Gasteiger partial charge in [-0.15, -0.1) is 0 Å². The second-order valence-electron chi connectivity index (χ2n) is 15.0. The minimum atomic E-state index is -3.76. The molecule has 4 fully saturated rings. The van der Waals surface area contributed by atoms with E-state index in [1.54, 1.807) is 0 Å². The highest BCUT2D eigenvalue weighted by molar-refractivity contribution is 7.91. The normalized spacial score (nSPS) is 25.2. The predicted molar refractivity (Wildman–Crippen MR) is 202 cm³/mol. The average Bonchev–Trinajstić information content (AvgIpc) is 3.16. The number of anilines is 3. The van der Waals surface area contributed by atoms with E-state index < -0.39 is 9.84 Å². The van der Waals surface area contributed by atoms with Gasteiger partial charge in [0.2, 0.25) is 9.84 Å². The molecule has 0 saturated heterocycles. The predicted octanol–water partition coefficient (Wildman–Crippen LogP) is 11.4. The molecule has 1 aliphatic heterocycles. The molecule has 246 valence electrons. The first-order valence-electron chi connectivity index (χ1n) is 18.1. The Balaban J connectivity index is 1.19. The average molecular weight is 670 g/mol. The van der Waals surface area contributed by atoms with Gasteiger partial charge in [0.05, 0.1) is 15.5 Å². The molecule has 4 heteroatoms. The topological polar surface area (TPSA) is 37.4 Å². The molecule has 50 heavy (non-hydrogen) atoms. The number of fused-ring (bicyclic) bond motifs is 2. The van der Waals surface area contributed by atoms with Crippen molar-refractivity contribution in [3.8, 4) is 22.3 Å². The SMILES string of the molecule is O=S1(=O)c2ccccc2C2(c3ccc(N(c4ccc(-c5ccccc5)cc4)c4ccccc4-c4ccccc4)cc31)C1CC3CC(C1)CC2C3. The van der Waals surface area contributed by atoms with Crippen molar-refractivity contribution >= 4 is 26.9 Å². The van der Waals surface area contributed by atoms with Crippen LogP contribution in [-0.2, 0) is 15.3 Å². The van der Waals surface area contributed by atoms with Crippen LogP contribution in [0.5, 0.6) is 0 Å². The Hall–Kier alpha value is -4.93. The van der Waals surface area contributed by atoms with Gasteiger partial charge in [-0.3, -0.25) is 0 Å². The smallest absolute Gasteiger partial charge is 0.207 e. The van der Waals surface area contributed by atoms with Crippen LogP contribution in [0.25, 0.3) is 22.3 Å². The highest BCUT2D eigenvalue weighted by Crippen LogP contribution is 2.68. The van der Waals surface area contributed by atoms with E-state index in [1.165, 1.54) is 32.1 Å². The van der Waals surface area contributed by atoms with Crippen molar-refractivity contribution in [2.24, 2.45) is 23.7 Å². The summed E-state index contributed by atoms with van der Waals surface area (Å²) in [6.45, 7) is 0. The summed E-state index contributed by atoms with van der Waals surface area (Å²) in [6, 6.07) is 52.4. The Labute approximate surface area is 295 Å². The van der Waals surface area contributed by atoms with E-state index in [0.29, 0.717) is 21.6 Å². The Morgan fingerprint density at radius 1 is 0.480 bits per heavy atom. The molecule has 3 nitrogen and oxygen atoms in total. The van der Waals surface area contributed by atoms with Crippen LogP contribution in [0.4, 0.5) is 17.1 Å². The lowest BCUT2D eigenvalue weighted by Gasteiger charge is -2.63. The molecule has 4 bridgehead atoms. The summed E-state index contributed by atoms with van der Waals surface area (Å²) in [5, 5.41) is 0. The van der Waals surface area contributed by atoms with E-state index in [9.17, 15) is 8.42 Å². The fourth-order valence-corrected chi connectivity index (χ4v) is 12.5. The van der Waals surface area contributed by atoms with Crippen molar-refractivity contribution in [1.82, 2.24) is 0 Å². The number of sulfone groups is 1. The van der Waals surface area contributed by atoms with E-state index >= 15 is 0 Å². The minimum absolute atomic E-state index is 0.257. The van der Waals surface area contributed by atoms with Gasteiger partial charge in [0.1, 0.15) is 0 Å². The molecule has 4 saturated carbocycles. The summed E-state index contributed by atoms with van der Waals surface area (Å²) in [5.74, 6) is 2.50. The third kappa shape index (κ3) is 4.37. The van der Waals surface area contributed by atoms with Crippen molar-refractivity contribution < 1.29 is 8.42 Å². The van der Waals surface area contributed by atoms with Crippen LogP contribution in [0.3, 0.4) is 0 Å². The number of rotatable bonds is 5. The second kappa shape index (κ2) is 11.3. The maximum absolute atomic E-state index is 14.8. The molecule has 0 N–H and O–H groups in total. The van der Waals surface area contributed by atoms with E-state index in [2.05, 4.69) is 126 Å². The van der Waals surface area contributed by atoms with Crippen molar-refractivity contribution in [2.75, 3.05) is 4.90 Å². The van der Waals surface area contributed by atoms with E-state index in [-0.39, 0.29) is 5.41 Å². The highest BCUT2D eigenvalue weighted by atomic mass is 32.2. The van der Waals surface area contributed by atoms with Gasteiger partial charge in [-0.1, -0.05) is 115 Å². The Bertz CT molecular complexity index is 2320. The Morgan fingerprint density at radius 2 is 1.02 bits per heavy atom. The molecule has 1 heterocycles. The molecule has 4 aliphatic carbocycles. The summed E-state index contributed by atoms with van der Waals surface area (Å²) in [5.41, 5.74) is 9.16. The van der Waals surface area contributed by atoms with Gasteiger partial charge in [-0.2, -0.15) is 0 Å². The van der Waals surface area contributed by atoms with Crippen LogP contribution in [0.15, 0.2) is 161 Å². The van der Waals surface area contributed by atoms with Crippen molar-refractivity contribution in [3.63, 3.8) is 0 Å². The summed E-state index contributed by atoms with van der Waals surface area (Å²) in [6.07, 6.45) is 6.16. The van der Waals surface area contributed by atoms with Gasteiger partial charge >= 0.3 is 0 Å². The molecule has 0 atom stereocenters. The van der Waals surface area contributed by atoms with Crippen LogP contribution in [0.2, 0.25) is 0 Å². The molecule has 5 aliphatic rings. The maximum atomic E-state index is 14.8. The number of hydrogen-bond donors (Lipinski definition) is 0. The van der Waals surface area contributed by atoms with Gasteiger partial charge in [0, 0.05) is 22.4 Å². The molecular formula is C46H39NO2S. The standard InChI is InChI=1S/C46H39NO2S/c48-50(49)44-18-10-8-16-41(44)46(36-26-31-25-32(28-36)29-37(46)27-31)42-24-23-39(30-45(42)50)47(38-21-19-34(20-22-38)33-11-3-1-4-12-33)43-17-9-7-15-40(43)35-13-5-2-6-14-35/h1-24,30-32,36-37H,25-29H2. The van der Waals surface area contributed by atoms with E-state index in [4.69, 9.17) is 0 Å². The summed E-state index contributed by atoms with van der Waals surface area (Å²) >= 11 is 0. The van der Waals surface area contributed by atoms with Crippen LogP contribution in [-0.4, -0.2) is 8.42 Å². The number of benzene rings is 6. The third-order valence-corrected chi connectivity index (χ3v) is 14.3. The quantitative estimate of drug-likeness (QED) is 0.183. The monoisotopic (exact) mass is 669 g/mol. The first kappa shape index (κ1) is 29.9. The Morgan fingerprint density at radius 3 is 1.72 bits per heavy atom. The number of nitrogens with zero attached hydrogens (tertiary/aromatic N) is 1. The lowest BCUT2D eigenvalue weighted by molar-refractivity contribution is -0.0446. The summed E-state index contributed by atoms with van der Waals surface area (Å²) in [4.78, 5) is 3.25. The van der Waals surface area contributed by atoms with Crippen molar-refractivity contribution in [2.45, 2.75) is 47.3 Å². The Kier molecular flexibility index (Phi) is 6.76. The molecule has 0 aromatic heterocycles. The zero-order valence-corrected chi connectivity index (χ0v) is 28.8. The molecular weight excluding hydrogens is 631 g/mol. The van der Waals surface area contributed by atoms with Crippen LogP contribution >= 0.6 is 0 Å². The lowest BCUT2D eigenvalue weighted by Crippen LogP contribution is -2.57. The minimum Gasteiger partial charge on any atom is -0.310 e. The second-order valence-corrected chi connectivity index (χ2v) is 16.9. The van der Waals surface area contributed by atoms with Gasteiger partial charge < -0.3 is 4.90 Å². The molecule has 6 aromatic carbocycles. The van der Waals surface area contributed by atoms with Crippen molar-refractivity contribution in [3.05, 3.63) is 163 Å². The van der Waals surface area contributed by atoms with Gasteiger partial charge in [-0.25, -0.2) is 8.42 Å². The fourth-order valence-electron chi connectivity index (χ4n) is 10.7. The number of para-hydroxylation sites is 1. The fraction of sp³-hybridized carbons (Fsp3) is 0.217. The van der Waals surface area contributed by atoms with Crippen LogP contribution < -0.4 is 4.90 Å². The summed E-state index contributed by atoms with van der Waals surface area (Å²) < 4.78 is 29.7. The van der Waals surface area contributed by atoms with Gasteiger partial charge in [-0.05, 0) is 120 Å². The maximum Gasteiger partial charge on any atom is 0.207 e. The largest absolute Gasteiger partial charge is 0.310 e. The van der Waals surface area contributed by atoms with E-state index in [0.717, 1.165) is 62.3 Å². The third-order valence-electron chi connectivity index (χ3n) is 12.5. The van der Waals surface area contributed by atoms with E-state index in [1.807, 2.05) is 30.3 Å². The molecule has 1 spiro atoms. The zero-order valence-electron chi connectivity index (χ0n) is 28.0. The molecule has 11 rings (SSSR count). The zero-order chi connectivity index (χ0) is 33.5. The summed E-state index contributed by atoms with van der Waals surface area (Å²) in [7, 11) is -3.76. The first-order chi connectivity index (χ1) is 24.5. The lowest BCUT2D eigenvalue weighted by atomic mass is 9.42. The van der Waals surface area contributed by atoms with Gasteiger partial charge in [0.15, 0.2) is 0 Å². The van der Waals surface area contributed by atoms with Crippen LogP contribution in [0.1, 0.15) is 43.2 Å². The number of hydrogen-bond acceptors (Lipinski definition) is 3. The van der Waals surface area contributed by atoms with Crippen LogP contribution in [0, 0.1) is 23.7 Å². The molecule has 0 amide bonds. The first-order valence-corrected chi connectivity index (χ1v) is 19.6. The molecule has 0 unspecified atom stereocenters. The highest BCUT2D eigenvalue weighted by Gasteiger charge is 2.62. The van der Waals surface area contributed by atoms with Crippen molar-refractivity contribution in [1.29, 1.82) is 0 Å². The molecule has 6 aromatic rings. The van der Waals surface area contributed by atoms with Gasteiger partial charge in [0.25, 0.3) is 0 Å².